The van der Waals surface area contributed by atoms with E-state index in [1.165, 1.54) is 0 Å². The van der Waals surface area contributed by atoms with Crippen molar-refractivity contribution in [3.05, 3.63) is 35.4 Å². The van der Waals surface area contributed by atoms with Gasteiger partial charge in [-0.3, -0.25) is 4.79 Å². The summed E-state index contributed by atoms with van der Waals surface area (Å²) in [5.74, 6) is -11.7. The van der Waals surface area contributed by atoms with Gasteiger partial charge in [0.1, 0.15) is 0 Å². The second-order valence-electron chi connectivity index (χ2n) is 3.50. The highest BCUT2D eigenvalue weighted by atomic mass is 35.5. The first kappa shape index (κ1) is 15.7. The molecule has 0 bridgehead atoms. The van der Waals surface area contributed by atoms with Gasteiger partial charge in [0.25, 0.3) is 5.24 Å². The summed E-state index contributed by atoms with van der Waals surface area (Å²) in [5.41, 5.74) is -1.88. The van der Waals surface area contributed by atoms with Crippen molar-refractivity contribution in [1.82, 2.24) is 0 Å². The molecule has 0 aliphatic rings. The number of benzene rings is 1. The highest BCUT2D eigenvalue weighted by Gasteiger charge is 2.73. The third-order valence-corrected chi connectivity index (χ3v) is 2.44. The van der Waals surface area contributed by atoms with E-state index in [1.54, 1.807) is 0 Å². The van der Waals surface area contributed by atoms with E-state index < -0.39 is 28.8 Å². The summed E-state index contributed by atoms with van der Waals surface area (Å²) in [6.07, 6.45) is -6.41. The van der Waals surface area contributed by atoms with Crippen LogP contribution in [-0.2, 0) is 5.92 Å². The summed E-state index contributed by atoms with van der Waals surface area (Å²) >= 11 is 4.98. The van der Waals surface area contributed by atoms with Crippen LogP contribution in [0.5, 0.6) is 0 Å². The average Bonchev–Trinajstić information content (AvgIpc) is 2.27. The Kier molecular flexibility index (Phi) is 3.86. The van der Waals surface area contributed by atoms with Crippen molar-refractivity contribution >= 4 is 16.8 Å². The molecule has 0 fully saturated rings. The Labute approximate surface area is 107 Å². The smallest absolute Gasteiger partial charge is 0.276 e. The van der Waals surface area contributed by atoms with Crippen LogP contribution in [0.3, 0.4) is 0 Å². The van der Waals surface area contributed by atoms with Crippen molar-refractivity contribution < 1.29 is 35.5 Å². The van der Waals surface area contributed by atoms with Gasteiger partial charge in [0.15, 0.2) is 0 Å². The highest BCUT2D eigenvalue weighted by Crippen LogP contribution is 2.51. The van der Waals surface area contributed by atoms with Crippen LogP contribution < -0.4 is 0 Å². The highest BCUT2D eigenvalue weighted by molar-refractivity contribution is 6.67. The van der Waals surface area contributed by atoms with Gasteiger partial charge in [0.05, 0.1) is 0 Å². The van der Waals surface area contributed by atoms with Crippen molar-refractivity contribution in [3.63, 3.8) is 0 Å². The Morgan fingerprint density at radius 2 is 1.32 bits per heavy atom. The molecule has 1 nitrogen and oxygen atoms in total. The maximum absolute atomic E-state index is 13.2. The van der Waals surface area contributed by atoms with Gasteiger partial charge in [-0.05, 0) is 23.7 Å². The topological polar surface area (TPSA) is 17.1 Å². The Hall–Kier alpha value is -1.31. The van der Waals surface area contributed by atoms with Crippen LogP contribution in [0.2, 0.25) is 0 Å². The minimum atomic E-state index is -6.41. The number of rotatable bonds is 3. The van der Waals surface area contributed by atoms with Crippen molar-refractivity contribution in [1.29, 1.82) is 0 Å². The fourth-order valence-corrected chi connectivity index (χ4v) is 1.30. The number of alkyl halides is 7. The molecule has 0 amide bonds. The van der Waals surface area contributed by atoms with Gasteiger partial charge in [-0.25, -0.2) is 0 Å². The zero-order chi connectivity index (χ0) is 15.1. The molecule has 0 spiro atoms. The standard InChI is InChI=1S/C10H4ClF7O/c11-7(19)5-1-3-6(4-2-5)8(12,13)9(14,15)10(16,17)18/h1-4H. The lowest BCUT2D eigenvalue weighted by molar-refractivity contribution is -0.359. The lowest BCUT2D eigenvalue weighted by Crippen LogP contribution is -2.50. The predicted octanol–water partition coefficient (Wildman–Crippen LogP) is 4.36. The lowest BCUT2D eigenvalue weighted by atomic mass is 10.0. The monoisotopic (exact) mass is 308 g/mol. The molecule has 0 heterocycles. The molecule has 1 rings (SSSR count). The molecule has 0 aromatic heterocycles. The first-order valence-electron chi connectivity index (χ1n) is 4.54. The summed E-state index contributed by atoms with van der Waals surface area (Å²) in [4.78, 5) is 10.6. The fraction of sp³-hybridized carbons (Fsp3) is 0.300. The summed E-state index contributed by atoms with van der Waals surface area (Å²) in [5, 5.41) is -1.06. The summed E-state index contributed by atoms with van der Waals surface area (Å²) < 4.78 is 87.5. The molecule has 9 heteroatoms. The molecule has 0 saturated carbocycles. The first-order chi connectivity index (χ1) is 8.41. The van der Waals surface area contributed by atoms with E-state index in [-0.39, 0.29) is 17.7 Å². The molecule has 1 aromatic carbocycles. The van der Waals surface area contributed by atoms with E-state index in [0.717, 1.165) is 0 Å². The summed E-state index contributed by atoms with van der Waals surface area (Å²) in [6.45, 7) is 0. The van der Waals surface area contributed by atoms with Crippen molar-refractivity contribution in [2.24, 2.45) is 0 Å². The second-order valence-corrected chi connectivity index (χ2v) is 3.84. The van der Waals surface area contributed by atoms with Gasteiger partial charge in [-0.15, -0.1) is 0 Å². The Bertz CT molecular complexity index is 478. The van der Waals surface area contributed by atoms with Crippen molar-refractivity contribution in [2.45, 2.75) is 18.0 Å². The number of halogens is 8. The largest absolute Gasteiger partial charge is 0.460 e. The number of carbonyl (C=O) groups excluding carboxylic acids is 1. The number of carbonyl (C=O) groups is 1. The van der Waals surface area contributed by atoms with Gasteiger partial charge in [-0.1, -0.05) is 12.1 Å². The average molecular weight is 309 g/mol. The van der Waals surface area contributed by atoms with Gasteiger partial charge in [-0.2, -0.15) is 30.7 Å². The quantitative estimate of drug-likeness (QED) is 0.599. The zero-order valence-corrected chi connectivity index (χ0v) is 9.50. The molecule has 1 aromatic rings. The third-order valence-electron chi connectivity index (χ3n) is 2.22. The van der Waals surface area contributed by atoms with Gasteiger partial charge in [0.2, 0.25) is 0 Å². The summed E-state index contributed by atoms with van der Waals surface area (Å²) in [6, 6.07) is 1.83. The Balaban J connectivity index is 3.24. The second kappa shape index (κ2) is 4.66. The molecule has 0 radical (unpaired) electrons. The van der Waals surface area contributed by atoms with E-state index in [2.05, 4.69) is 0 Å². The van der Waals surface area contributed by atoms with E-state index in [1.807, 2.05) is 0 Å². The molecular formula is C10H4ClF7O. The molecule has 0 aliphatic heterocycles. The molecule has 0 N–H and O–H groups in total. The molecule has 0 atom stereocenters. The van der Waals surface area contributed by atoms with Crippen LogP contribution in [0.25, 0.3) is 0 Å². The van der Waals surface area contributed by atoms with E-state index in [0.29, 0.717) is 12.1 Å². The SMILES string of the molecule is O=C(Cl)c1ccc(C(F)(F)C(F)(F)C(F)(F)F)cc1. The minimum absolute atomic E-state index is 0.287. The Morgan fingerprint density at radius 1 is 0.895 bits per heavy atom. The van der Waals surface area contributed by atoms with Gasteiger partial charge < -0.3 is 0 Å². The van der Waals surface area contributed by atoms with Crippen molar-refractivity contribution in [3.8, 4) is 0 Å². The van der Waals surface area contributed by atoms with E-state index in [9.17, 15) is 35.5 Å². The normalized spacial score (nSPS) is 13.5. The minimum Gasteiger partial charge on any atom is -0.276 e. The van der Waals surface area contributed by atoms with Crippen LogP contribution in [0, 0.1) is 0 Å². The van der Waals surface area contributed by atoms with Crippen LogP contribution >= 0.6 is 11.6 Å². The molecule has 0 aliphatic carbocycles. The maximum atomic E-state index is 13.2. The summed E-state index contributed by atoms with van der Waals surface area (Å²) in [7, 11) is 0. The molecule has 19 heavy (non-hydrogen) atoms. The van der Waals surface area contributed by atoms with E-state index >= 15 is 0 Å². The van der Waals surface area contributed by atoms with Gasteiger partial charge >= 0.3 is 18.0 Å². The predicted molar refractivity (Wildman–Crippen MR) is 51.5 cm³/mol. The third kappa shape index (κ3) is 2.68. The maximum Gasteiger partial charge on any atom is 0.460 e. The fourth-order valence-electron chi connectivity index (χ4n) is 1.17. The Morgan fingerprint density at radius 3 is 1.63 bits per heavy atom. The van der Waals surface area contributed by atoms with Crippen LogP contribution in [0.1, 0.15) is 15.9 Å². The number of hydrogen-bond donors (Lipinski definition) is 0. The van der Waals surface area contributed by atoms with E-state index in [4.69, 9.17) is 11.6 Å². The van der Waals surface area contributed by atoms with Crippen LogP contribution in [0.15, 0.2) is 24.3 Å². The van der Waals surface area contributed by atoms with Crippen LogP contribution in [-0.4, -0.2) is 17.3 Å². The molecule has 106 valence electrons. The van der Waals surface area contributed by atoms with Crippen LogP contribution in [0.4, 0.5) is 30.7 Å². The molecular weight excluding hydrogens is 305 g/mol. The van der Waals surface area contributed by atoms with Gasteiger partial charge in [0, 0.05) is 11.1 Å². The zero-order valence-electron chi connectivity index (χ0n) is 8.74. The number of hydrogen-bond acceptors (Lipinski definition) is 1. The molecule has 0 unspecified atom stereocenters. The van der Waals surface area contributed by atoms with Crippen molar-refractivity contribution in [2.75, 3.05) is 0 Å². The lowest BCUT2D eigenvalue weighted by Gasteiger charge is -2.28. The molecule has 0 saturated heterocycles. The first-order valence-corrected chi connectivity index (χ1v) is 4.92.